The molecule has 136 valence electrons. The minimum Gasteiger partial charge on any atom is -0.456 e. The van der Waals surface area contributed by atoms with Crippen LogP contribution in [0.2, 0.25) is 10.0 Å². The van der Waals surface area contributed by atoms with Gasteiger partial charge in [0.1, 0.15) is 12.2 Å². The smallest absolute Gasteiger partial charge is 0.338 e. The Hall–Kier alpha value is -2.08. The zero-order chi connectivity index (χ0) is 18.7. The Morgan fingerprint density at radius 1 is 1.19 bits per heavy atom. The quantitative estimate of drug-likeness (QED) is 0.802. The number of esters is 1. The lowest BCUT2D eigenvalue weighted by molar-refractivity contribution is -0.155. The Morgan fingerprint density at radius 3 is 2.62 bits per heavy atom. The molecule has 0 aliphatic carbocycles. The number of carbonyl (C=O) groups excluding carboxylic acids is 2. The van der Waals surface area contributed by atoms with E-state index in [9.17, 15) is 9.59 Å². The first-order valence-electron chi connectivity index (χ1n) is 8.10. The minimum absolute atomic E-state index is 0.298. The van der Waals surface area contributed by atoms with Crippen LogP contribution in [0, 0.1) is 0 Å². The maximum atomic E-state index is 12.2. The van der Waals surface area contributed by atoms with Gasteiger partial charge in [-0.25, -0.2) is 4.79 Å². The van der Waals surface area contributed by atoms with Gasteiger partial charge in [-0.1, -0.05) is 47.5 Å². The van der Waals surface area contributed by atoms with Crippen LogP contribution in [-0.2, 0) is 14.3 Å². The minimum atomic E-state index is -0.920. The molecule has 0 saturated carbocycles. The number of ether oxygens (including phenoxy) is 2. The zero-order valence-electron chi connectivity index (χ0n) is 13.9. The van der Waals surface area contributed by atoms with Crippen LogP contribution >= 0.6 is 23.2 Å². The molecule has 3 atom stereocenters. The number of hydrogen-bond acceptors (Lipinski definition) is 4. The molecule has 1 aliphatic rings. The lowest BCUT2D eigenvalue weighted by Crippen LogP contribution is -2.51. The van der Waals surface area contributed by atoms with Crippen molar-refractivity contribution in [3.05, 3.63) is 69.7 Å². The van der Waals surface area contributed by atoms with Gasteiger partial charge in [-0.05, 0) is 36.8 Å². The van der Waals surface area contributed by atoms with E-state index in [4.69, 9.17) is 32.7 Å². The summed E-state index contributed by atoms with van der Waals surface area (Å²) in [5.74, 6) is -0.833. The molecule has 0 aromatic heterocycles. The van der Waals surface area contributed by atoms with Crippen LogP contribution < -0.4 is 5.32 Å². The molecule has 1 fully saturated rings. The number of amides is 1. The summed E-state index contributed by atoms with van der Waals surface area (Å²) in [6.07, 6.45) is -2.09. The number of benzene rings is 2. The molecule has 2 aromatic carbocycles. The third-order valence-corrected chi connectivity index (χ3v) is 4.81. The van der Waals surface area contributed by atoms with Crippen molar-refractivity contribution in [1.82, 2.24) is 5.32 Å². The molecule has 0 bridgehead atoms. The number of nitrogens with one attached hydrogen (secondary N) is 1. The van der Waals surface area contributed by atoms with E-state index in [-0.39, 0.29) is 5.91 Å². The molecule has 7 heteroatoms. The van der Waals surface area contributed by atoms with Crippen molar-refractivity contribution < 1.29 is 19.1 Å². The number of morpholine rings is 1. The Balaban J connectivity index is 1.70. The van der Waals surface area contributed by atoms with Crippen molar-refractivity contribution >= 4 is 35.1 Å². The van der Waals surface area contributed by atoms with Gasteiger partial charge in [0.05, 0.1) is 15.6 Å². The summed E-state index contributed by atoms with van der Waals surface area (Å²) in [5, 5.41) is 3.63. The van der Waals surface area contributed by atoms with E-state index >= 15 is 0 Å². The van der Waals surface area contributed by atoms with Crippen molar-refractivity contribution in [3.8, 4) is 0 Å². The third kappa shape index (κ3) is 4.18. The van der Waals surface area contributed by atoms with Gasteiger partial charge >= 0.3 is 5.97 Å². The zero-order valence-corrected chi connectivity index (χ0v) is 15.5. The predicted octanol–water partition coefficient (Wildman–Crippen LogP) is 3.80. The lowest BCUT2D eigenvalue weighted by Gasteiger charge is -2.33. The molecule has 1 saturated heterocycles. The van der Waals surface area contributed by atoms with Gasteiger partial charge in [0.15, 0.2) is 6.10 Å². The third-order valence-electron chi connectivity index (χ3n) is 4.08. The van der Waals surface area contributed by atoms with Crippen LogP contribution in [0.25, 0.3) is 0 Å². The van der Waals surface area contributed by atoms with Crippen LogP contribution in [0.3, 0.4) is 0 Å². The summed E-state index contributed by atoms with van der Waals surface area (Å²) in [4.78, 5) is 24.4. The summed E-state index contributed by atoms with van der Waals surface area (Å²) in [6, 6.07) is 13.7. The van der Waals surface area contributed by atoms with Gasteiger partial charge in [0.25, 0.3) is 5.91 Å². The maximum Gasteiger partial charge on any atom is 0.338 e. The second-order valence-corrected chi connectivity index (χ2v) is 6.75. The van der Waals surface area contributed by atoms with Gasteiger partial charge in [0, 0.05) is 6.54 Å². The van der Waals surface area contributed by atoms with Crippen molar-refractivity contribution in [2.45, 2.75) is 25.2 Å². The van der Waals surface area contributed by atoms with E-state index in [0.717, 1.165) is 5.56 Å². The van der Waals surface area contributed by atoms with E-state index in [1.807, 2.05) is 0 Å². The first-order valence-corrected chi connectivity index (χ1v) is 8.85. The lowest BCUT2D eigenvalue weighted by atomic mass is 10.1. The number of hydrogen-bond donors (Lipinski definition) is 1. The highest BCUT2D eigenvalue weighted by Gasteiger charge is 2.36. The molecule has 0 spiro atoms. The summed E-state index contributed by atoms with van der Waals surface area (Å²) in [6.45, 7) is 1.93. The first-order chi connectivity index (χ1) is 12.5. The highest BCUT2D eigenvalue weighted by atomic mass is 35.5. The second-order valence-electron chi connectivity index (χ2n) is 5.94. The monoisotopic (exact) mass is 393 g/mol. The average Bonchev–Trinajstić information content (AvgIpc) is 2.65. The van der Waals surface area contributed by atoms with E-state index in [2.05, 4.69) is 5.32 Å². The summed E-state index contributed by atoms with van der Waals surface area (Å²) < 4.78 is 11.3. The summed E-state index contributed by atoms with van der Waals surface area (Å²) in [7, 11) is 0. The first kappa shape index (κ1) is 18.7. The van der Waals surface area contributed by atoms with Crippen molar-refractivity contribution in [2.24, 2.45) is 0 Å². The van der Waals surface area contributed by atoms with E-state index in [1.165, 1.54) is 0 Å². The number of carbonyl (C=O) groups is 2. The van der Waals surface area contributed by atoms with Crippen molar-refractivity contribution in [1.29, 1.82) is 0 Å². The molecule has 3 unspecified atom stereocenters. The van der Waals surface area contributed by atoms with Crippen LogP contribution in [0.4, 0.5) is 0 Å². The standard InChI is InChI=1S/C19H17Cl2NO4/c1-11(25-19(24)12-5-3-2-4-6-12)17-18(23)22-10-16(26-17)13-7-8-14(20)15(21)9-13/h2-9,11,16-17H,10H2,1H3,(H,22,23). The molecule has 1 heterocycles. The Labute approximate surface area is 161 Å². The van der Waals surface area contributed by atoms with Gasteiger partial charge in [-0.3, -0.25) is 4.79 Å². The van der Waals surface area contributed by atoms with Crippen molar-refractivity contribution in [2.75, 3.05) is 6.54 Å². The SMILES string of the molecule is CC(OC(=O)c1ccccc1)C1OC(c2ccc(Cl)c(Cl)c2)CNC1=O. The molecule has 1 amide bonds. The Kier molecular flexibility index (Phi) is 5.81. The van der Waals surface area contributed by atoms with E-state index in [1.54, 1.807) is 55.5 Å². The molecular weight excluding hydrogens is 377 g/mol. The summed E-state index contributed by atoms with van der Waals surface area (Å²) >= 11 is 12.0. The molecule has 3 rings (SSSR count). The van der Waals surface area contributed by atoms with Crippen LogP contribution in [0.15, 0.2) is 48.5 Å². The molecule has 1 aliphatic heterocycles. The molecule has 26 heavy (non-hydrogen) atoms. The highest BCUT2D eigenvalue weighted by molar-refractivity contribution is 6.42. The predicted molar refractivity (Wildman–Crippen MR) is 98.4 cm³/mol. The Morgan fingerprint density at radius 2 is 1.92 bits per heavy atom. The second kappa shape index (κ2) is 8.08. The molecule has 1 N–H and O–H groups in total. The average molecular weight is 394 g/mol. The van der Waals surface area contributed by atoms with Gasteiger partial charge < -0.3 is 14.8 Å². The van der Waals surface area contributed by atoms with Gasteiger partial charge in [-0.2, -0.15) is 0 Å². The normalized spacial score (nSPS) is 21.0. The van der Waals surface area contributed by atoms with Crippen LogP contribution in [0.5, 0.6) is 0 Å². The van der Waals surface area contributed by atoms with E-state index in [0.29, 0.717) is 22.2 Å². The Bertz CT molecular complexity index is 812. The maximum absolute atomic E-state index is 12.2. The van der Waals surface area contributed by atoms with Crippen LogP contribution in [-0.4, -0.2) is 30.6 Å². The fourth-order valence-corrected chi connectivity index (χ4v) is 2.99. The molecule has 5 nitrogen and oxygen atoms in total. The van der Waals surface area contributed by atoms with Gasteiger partial charge in [0.2, 0.25) is 0 Å². The van der Waals surface area contributed by atoms with Crippen LogP contribution in [0.1, 0.15) is 28.9 Å². The van der Waals surface area contributed by atoms with Gasteiger partial charge in [-0.15, -0.1) is 0 Å². The fraction of sp³-hybridized carbons (Fsp3) is 0.263. The summed E-state index contributed by atoms with van der Waals surface area (Å²) in [5.41, 5.74) is 1.20. The molecule has 0 radical (unpaired) electrons. The highest BCUT2D eigenvalue weighted by Crippen LogP contribution is 2.29. The fourth-order valence-electron chi connectivity index (χ4n) is 2.69. The molecule has 2 aromatic rings. The largest absolute Gasteiger partial charge is 0.456 e. The number of rotatable bonds is 4. The molecular formula is C19H17Cl2NO4. The number of halogens is 2. The van der Waals surface area contributed by atoms with Crippen molar-refractivity contribution in [3.63, 3.8) is 0 Å². The van der Waals surface area contributed by atoms with E-state index < -0.39 is 24.3 Å². The topological polar surface area (TPSA) is 64.6 Å².